The Morgan fingerprint density at radius 2 is 2.22 bits per heavy atom. The van der Waals surface area contributed by atoms with E-state index in [4.69, 9.17) is 10.4 Å². The van der Waals surface area contributed by atoms with Crippen LogP contribution in [0.3, 0.4) is 0 Å². The van der Waals surface area contributed by atoms with Gasteiger partial charge in [0.25, 0.3) is 0 Å². The summed E-state index contributed by atoms with van der Waals surface area (Å²) < 4.78 is 0. The average Bonchev–Trinajstić information content (AvgIpc) is 2.78. The summed E-state index contributed by atoms with van der Waals surface area (Å²) in [5, 5.41) is 20.3. The maximum atomic E-state index is 11.9. The molecule has 0 radical (unpaired) electrons. The molecule has 1 aliphatic carbocycles. The van der Waals surface area contributed by atoms with Crippen molar-refractivity contribution in [2.45, 2.75) is 38.6 Å². The third-order valence-electron chi connectivity index (χ3n) is 3.30. The van der Waals surface area contributed by atoms with Crippen molar-refractivity contribution in [3.05, 3.63) is 0 Å². The van der Waals surface area contributed by atoms with Gasteiger partial charge in [0.2, 0.25) is 0 Å². The van der Waals surface area contributed by atoms with E-state index in [2.05, 4.69) is 5.32 Å². The molecule has 0 aromatic heterocycles. The topological polar surface area (TPSA) is 93.4 Å². The number of hydrogen-bond acceptors (Lipinski definition) is 3. The van der Waals surface area contributed by atoms with E-state index in [0.717, 1.165) is 6.42 Å². The average molecular weight is 253 g/mol. The Bertz CT molecular complexity index is 351. The van der Waals surface area contributed by atoms with Gasteiger partial charge in [0.05, 0.1) is 18.4 Å². The fourth-order valence-electron chi connectivity index (χ4n) is 2.27. The molecule has 1 saturated carbocycles. The molecule has 2 amide bonds. The number of carboxylic acids is 1. The Labute approximate surface area is 107 Å². The lowest BCUT2D eigenvalue weighted by Crippen LogP contribution is -2.47. The molecule has 1 fully saturated rings. The molecule has 0 saturated heterocycles. The summed E-state index contributed by atoms with van der Waals surface area (Å²) in [4.78, 5) is 24.4. The van der Waals surface area contributed by atoms with E-state index in [1.54, 1.807) is 0 Å². The summed E-state index contributed by atoms with van der Waals surface area (Å²) in [5.41, 5.74) is 0. The molecule has 2 N–H and O–H groups in total. The maximum Gasteiger partial charge on any atom is 0.317 e. The Hall–Kier alpha value is -1.77. The zero-order valence-electron chi connectivity index (χ0n) is 10.6. The minimum absolute atomic E-state index is 0.272. The van der Waals surface area contributed by atoms with Crippen LogP contribution in [0.25, 0.3) is 0 Å². The minimum atomic E-state index is -0.849. The van der Waals surface area contributed by atoms with Crippen LogP contribution in [-0.4, -0.2) is 41.1 Å². The van der Waals surface area contributed by atoms with Crippen molar-refractivity contribution < 1.29 is 14.7 Å². The van der Waals surface area contributed by atoms with E-state index in [1.807, 2.05) is 13.0 Å². The van der Waals surface area contributed by atoms with Crippen LogP contribution >= 0.6 is 0 Å². The Kier molecular flexibility index (Phi) is 5.43. The lowest BCUT2D eigenvalue weighted by atomic mass is 10.0. The first-order chi connectivity index (χ1) is 8.60. The fraction of sp³-hybridized carbons (Fsp3) is 0.750. The SMILES string of the molecule is CCN(CCC#N)C(=O)NC1CCCC1C(=O)O. The van der Waals surface area contributed by atoms with Crippen molar-refractivity contribution in [3.8, 4) is 6.07 Å². The highest BCUT2D eigenvalue weighted by Gasteiger charge is 2.34. The van der Waals surface area contributed by atoms with Crippen LogP contribution in [0.2, 0.25) is 0 Å². The number of rotatable bonds is 5. The molecule has 0 heterocycles. The first-order valence-corrected chi connectivity index (χ1v) is 6.25. The number of carboxylic acid groups (broad SMARTS) is 1. The van der Waals surface area contributed by atoms with Crippen molar-refractivity contribution in [3.63, 3.8) is 0 Å². The van der Waals surface area contributed by atoms with Crippen LogP contribution in [0.5, 0.6) is 0 Å². The van der Waals surface area contributed by atoms with Crippen molar-refractivity contribution in [2.75, 3.05) is 13.1 Å². The Morgan fingerprint density at radius 3 is 2.78 bits per heavy atom. The molecule has 2 atom stereocenters. The molecular weight excluding hydrogens is 234 g/mol. The largest absolute Gasteiger partial charge is 0.481 e. The van der Waals surface area contributed by atoms with Gasteiger partial charge in [-0.25, -0.2) is 4.79 Å². The monoisotopic (exact) mass is 253 g/mol. The number of nitriles is 1. The van der Waals surface area contributed by atoms with Gasteiger partial charge in [0.1, 0.15) is 0 Å². The zero-order chi connectivity index (χ0) is 13.5. The number of nitrogens with zero attached hydrogens (tertiary/aromatic N) is 2. The lowest BCUT2D eigenvalue weighted by molar-refractivity contribution is -0.142. The second-order valence-corrected chi connectivity index (χ2v) is 4.42. The maximum absolute atomic E-state index is 11.9. The Balaban J connectivity index is 2.52. The highest BCUT2D eigenvalue weighted by atomic mass is 16.4. The molecule has 0 spiro atoms. The van der Waals surface area contributed by atoms with Gasteiger partial charge < -0.3 is 15.3 Å². The summed E-state index contributed by atoms with van der Waals surface area (Å²) in [7, 11) is 0. The van der Waals surface area contributed by atoms with E-state index >= 15 is 0 Å². The summed E-state index contributed by atoms with van der Waals surface area (Å²) in [5.74, 6) is -1.33. The van der Waals surface area contributed by atoms with Crippen LogP contribution in [-0.2, 0) is 4.79 Å². The van der Waals surface area contributed by atoms with Gasteiger partial charge in [-0.1, -0.05) is 6.42 Å². The van der Waals surface area contributed by atoms with Crippen LogP contribution in [0.1, 0.15) is 32.6 Å². The second-order valence-electron chi connectivity index (χ2n) is 4.42. The number of carbonyl (C=O) groups is 2. The van der Waals surface area contributed by atoms with E-state index in [0.29, 0.717) is 25.9 Å². The fourth-order valence-corrected chi connectivity index (χ4v) is 2.27. The molecule has 6 nitrogen and oxygen atoms in total. The van der Waals surface area contributed by atoms with Crippen LogP contribution in [0, 0.1) is 17.2 Å². The highest BCUT2D eigenvalue weighted by molar-refractivity contribution is 5.77. The van der Waals surface area contributed by atoms with Gasteiger partial charge in [-0.05, 0) is 19.8 Å². The smallest absolute Gasteiger partial charge is 0.317 e. The van der Waals surface area contributed by atoms with E-state index in [1.165, 1.54) is 4.90 Å². The van der Waals surface area contributed by atoms with Gasteiger partial charge in [-0.15, -0.1) is 0 Å². The van der Waals surface area contributed by atoms with Crippen molar-refractivity contribution in [1.82, 2.24) is 10.2 Å². The molecule has 18 heavy (non-hydrogen) atoms. The molecule has 2 unspecified atom stereocenters. The molecule has 1 aliphatic rings. The second kappa shape index (κ2) is 6.84. The molecule has 0 aromatic carbocycles. The summed E-state index contributed by atoms with van der Waals surface area (Å²) >= 11 is 0. The predicted molar refractivity (Wildman–Crippen MR) is 64.8 cm³/mol. The van der Waals surface area contributed by atoms with Crippen LogP contribution in [0.4, 0.5) is 4.79 Å². The Morgan fingerprint density at radius 1 is 1.50 bits per heavy atom. The molecule has 6 heteroatoms. The van der Waals surface area contributed by atoms with Crippen LogP contribution in [0.15, 0.2) is 0 Å². The summed E-state index contributed by atoms with van der Waals surface area (Å²) in [6.45, 7) is 2.72. The third-order valence-corrected chi connectivity index (χ3v) is 3.30. The van der Waals surface area contributed by atoms with Gasteiger partial charge >= 0.3 is 12.0 Å². The predicted octanol–water partition coefficient (Wildman–Crippen LogP) is 1.18. The third kappa shape index (κ3) is 3.62. The van der Waals surface area contributed by atoms with E-state index in [9.17, 15) is 9.59 Å². The van der Waals surface area contributed by atoms with Crippen molar-refractivity contribution in [2.24, 2.45) is 5.92 Å². The molecule has 0 bridgehead atoms. The molecule has 100 valence electrons. The van der Waals surface area contributed by atoms with Gasteiger partial charge in [-0.3, -0.25) is 4.79 Å². The number of carbonyl (C=O) groups excluding carboxylic acids is 1. The number of amides is 2. The quantitative estimate of drug-likeness (QED) is 0.769. The summed E-state index contributed by atoms with van der Waals surface area (Å²) in [6.07, 6.45) is 2.43. The molecular formula is C12H19N3O3. The van der Waals surface area contributed by atoms with Gasteiger partial charge in [0, 0.05) is 19.1 Å². The highest BCUT2D eigenvalue weighted by Crippen LogP contribution is 2.25. The normalized spacial score (nSPS) is 22.2. The first-order valence-electron chi connectivity index (χ1n) is 6.25. The number of nitrogens with one attached hydrogen (secondary N) is 1. The number of hydrogen-bond donors (Lipinski definition) is 2. The van der Waals surface area contributed by atoms with E-state index < -0.39 is 11.9 Å². The van der Waals surface area contributed by atoms with Crippen LogP contribution < -0.4 is 5.32 Å². The minimum Gasteiger partial charge on any atom is -0.481 e. The zero-order valence-corrected chi connectivity index (χ0v) is 10.6. The number of aliphatic carboxylic acids is 1. The van der Waals surface area contributed by atoms with Crippen molar-refractivity contribution in [1.29, 1.82) is 5.26 Å². The first kappa shape index (κ1) is 14.3. The standard InChI is InChI=1S/C12H19N3O3/c1-2-15(8-4-7-13)12(18)14-10-6-3-5-9(10)11(16)17/h9-10H,2-6,8H2,1H3,(H,14,18)(H,16,17). The summed E-state index contributed by atoms with van der Waals surface area (Å²) in [6, 6.07) is 1.43. The number of urea groups is 1. The van der Waals surface area contributed by atoms with Gasteiger partial charge in [0.15, 0.2) is 0 Å². The molecule has 0 aromatic rings. The van der Waals surface area contributed by atoms with E-state index in [-0.39, 0.29) is 18.5 Å². The molecule has 1 rings (SSSR count). The lowest BCUT2D eigenvalue weighted by Gasteiger charge is -2.24. The molecule has 0 aliphatic heterocycles. The van der Waals surface area contributed by atoms with Crippen molar-refractivity contribution >= 4 is 12.0 Å². The van der Waals surface area contributed by atoms with Gasteiger partial charge in [-0.2, -0.15) is 5.26 Å².